The van der Waals surface area contributed by atoms with E-state index in [0.717, 1.165) is 31.7 Å². The number of aromatic nitrogens is 1. The number of H-pyrrole nitrogens is 1. The van der Waals surface area contributed by atoms with E-state index < -0.39 is 0 Å². The summed E-state index contributed by atoms with van der Waals surface area (Å²) in [5, 5.41) is 1.24. The van der Waals surface area contributed by atoms with Crippen LogP contribution in [0.3, 0.4) is 0 Å². The van der Waals surface area contributed by atoms with E-state index in [4.69, 9.17) is 11.6 Å². The molecule has 1 aliphatic heterocycles. The van der Waals surface area contributed by atoms with Gasteiger partial charge in [-0.3, -0.25) is 4.79 Å². The van der Waals surface area contributed by atoms with Crippen molar-refractivity contribution in [2.45, 2.75) is 0 Å². The fraction of sp³-hybridized carbons (Fsp3) is 0.357. The van der Waals surface area contributed by atoms with Gasteiger partial charge < -0.3 is 14.8 Å². The molecule has 1 aromatic carbocycles. The molecule has 19 heavy (non-hydrogen) atoms. The summed E-state index contributed by atoms with van der Waals surface area (Å²) in [6, 6.07) is 8.37. The number of anilines is 1. The molecule has 100 valence electrons. The highest BCUT2D eigenvalue weighted by atomic mass is 35.5. The summed E-state index contributed by atoms with van der Waals surface area (Å²) in [7, 11) is 0. The van der Waals surface area contributed by atoms with Gasteiger partial charge in [0.1, 0.15) is 5.88 Å². The highest BCUT2D eigenvalue weighted by molar-refractivity contribution is 6.27. The number of nitrogens with one attached hydrogen (secondary N) is 1. The Morgan fingerprint density at radius 2 is 2.00 bits per heavy atom. The number of carbonyl (C=O) groups excluding carboxylic acids is 1. The van der Waals surface area contributed by atoms with Crippen LogP contribution in [-0.2, 0) is 4.79 Å². The van der Waals surface area contributed by atoms with Gasteiger partial charge in [-0.25, -0.2) is 0 Å². The Balaban J connectivity index is 1.78. The number of aromatic amines is 1. The molecule has 0 spiro atoms. The van der Waals surface area contributed by atoms with Gasteiger partial charge >= 0.3 is 0 Å². The fourth-order valence-electron chi connectivity index (χ4n) is 2.63. The minimum Gasteiger partial charge on any atom is -0.367 e. The predicted molar refractivity (Wildman–Crippen MR) is 77.8 cm³/mol. The SMILES string of the molecule is O=C(CCl)N1CCN(c2cccc3[nH]ccc23)CC1. The lowest BCUT2D eigenvalue weighted by Crippen LogP contribution is -2.49. The summed E-state index contributed by atoms with van der Waals surface area (Å²) in [6.45, 7) is 3.19. The first-order valence-electron chi connectivity index (χ1n) is 6.44. The number of alkyl halides is 1. The highest BCUT2D eigenvalue weighted by Gasteiger charge is 2.21. The number of hydrogen-bond donors (Lipinski definition) is 1. The average molecular weight is 278 g/mol. The van der Waals surface area contributed by atoms with Crippen LogP contribution < -0.4 is 4.90 Å². The Labute approximate surface area is 116 Å². The molecule has 1 aromatic heterocycles. The summed E-state index contributed by atoms with van der Waals surface area (Å²) in [6.07, 6.45) is 1.96. The topological polar surface area (TPSA) is 39.3 Å². The number of amides is 1. The third kappa shape index (κ3) is 2.28. The Morgan fingerprint density at radius 1 is 1.21 bits per heavy atom. The number of nitrogens with zero attached hydrogens (tertiary/aromatic N) is 2. The van der Waals surface area contributed by atoms with Crippen molar-refractivity contribution in [2.75, 3.05) is 37.0 Å². The number of rotatable bonds is 2. The first-order chi connectivity index (χ1) is 9.29. The summed E-state index contributed by atoms with van der Waals surface area (Å²) in [5.41, 5.74) is 2.38. The van der Waals surface area contributed by atoms with Crippen LogP contribution in [0.4, 0.5) is 5.69 Å². The van der Waals surface area contributed by atoms with Gasteiger partial charge in [0.2, 0.25) is 5.91 Å². The molecular formula is C14H16ClN3O. The van der Waals surface area contributed by atoms with E-state index in [1.165, 1.54) is 11.1 Å². The van der Waals surface area contributed by atoms with Crippen molar-refractivity contribution in [3.05, 3.63) is 30.5 Å². The Kier molecular flexibility index (Phi) is 3.34. The predicted octanol–water partition coefficient (Wildman–Crippen LogP) is 2.06. The highest BCUT2D eigenvalue weighted by Crippen LogP contribution is 2.26. The molecule has 0 radical (unpaired) electrons. The van der Waals surface area contributed by atoms with Gasteiger partial charge in [-0.05, 0) is 18.2 Å². The molecule has 3 rings (SSSR count). The zero-order valence-corrected chi connectivity index (χ0v) is 11.4. The van der Waals surface area contributed by atoms with Gasteiger partial charge in [-0.15, -0.1) is 11.6 Å². The van der Waals surface area contributed by atoms with Crippen molar-refractivity contribution in [1.82, 2.24) is 9.88 Å². The summed E-state index contributed by atoms with van der Waals surface area (Å²) >= 11 is 5.59. The smallest absolute Gasteiger partial charge is 0.237 e. The lowest BCUT2D eigenvalue weighted by atomic mass is 10.1. The molecule has 1 amide bonds. The summed E-state index contributed by atoms with van der Waals surface area (Å²) in [4.78, 5) is 18.9. The van der Waals surface area contributed by atoms with Crippen LogP contribution in [0.2, 0.25) is 0 Å². The lowest BCUT2D eigenvalue weighted by Gasteiger charge is -2.36. The van der Waals surface area contributed by atoms with Crippen molar-refractivity contribution >= 4 is 34.1 Å². The number of hydrogen-bond acceptors (Lipinski definition) is 2. The van der Waals surface area contributed by atoms with Gasteiger partial charge in [-0.2, -0.15) is 0 Å². The van der Waals surface area contributed by atoms with E-state index in [1.807, 2.05) is 11.1 Å². The molecule has 1 aliphatic rings. The van der Waals surface area contributed by atoms with Gasteiger partial charge in [0.25, 0.3) is 0 Å². The zero-order chi connectivity index (χ0) is 13.2. The maximum absolute atomic E-state index is 11.6. The van der Waals surface area contributed by atoms with Crippen LogP contribution in [0.25, 0.3) is 10.9 Å². The third-order valence-electron chi connectivity index (χ3n) is 3.66. The molecule has 0 aliphatic carbocycles. The second kappa shape index (κ2) is 5.13. The molecule has 2 heterocycles. The molecule has 0 atom stereocenters. The van der Waals surface area contributed by atoms with Crippen LogP contribution in [0.15, 0.2) is 30.5 Å². The van der Waals surface area contributed by atoms with Crippen LogP contribution in [0.5, 0.6) is 0 Å². The molecular weight excluding hydrogens is 262 g/mol. The van der Waals surface area contributed by atoms with E-state index in [9.17, 15) is 4.79 Å². The van der Waals surface area contributed by atoms with Gasteiger partial charge in [-0.1, -0.05) is 6.07 Å². The Morgan fingerprint density at radius 3 is 2.74 bits per heavy atom. The maximum atomic E-state index is 11.6. The number of benzene rings is 1. The molecule has 1 N–H and O–H groups in total. The second-order valence-electron chi connectivity index (χ2n) is 4.72. The van der Waals surface area contributed by atoms with Gasteiger partial charge in [0.05, 0.1) is 0 Å². The van der Waals surface area contributed by atoms with Crippen molar-refractivity contribution < 1.29 is 4.79 Å². The second-order valence-corrected chi connectivity index (χ2v) is 4.98. The van der Waals surface area contributed by atoms with E-state index in [0.29, 0.717) is 0 Å². The quantitative estimate of drug-likeness (QED) is 0.854. The summed E-state index contributed by atoms with van der Waals surface area (Å²) < 4.78 is 0. The van der Waals surface area contributed by atoms with E-state index in [1.54, 1.807) is 0 Å². The van der Waals surface area contributed by atoms with E-state index >= 15 is 0 Å². The van der Waals surface area contributed by atoms with Crippen LogP contribution >= 0.6 is 11.6 Å². The van der Waals surface area contributed by atoms with Crippen molar-refractivity contribution in [3.63, 3.8) is 0 Å². The molecule has 5 heteroatoms. The largest absolute Gasteiger partial charge is 0.367 e. The van der Waals surface area contributed by atoms with Crippen molar-refractivity contribution in [2.24, 2.45) is 0 Å². The molecule has 4 nitrogen and oxygen atoms in total. The van der Waals surface area contributed by atoms with E-state index in [2.05, 4.69) is 34.1 Å². The van der Waals surface area contributed by atoms with E-state index in [-0.39, 0.29) is 11.8 Å². The van der Waals surface area contributed by atoms with Gasteiger partial charge in [0, 0.05) is 49.0 Å². The van der Waals surface area contributed by atoms with Crippen LogP contribution in [0, 0.1) is 0 Å². The average Bonchev–Trinajstić information content (AvgIpc) is 2.95. The van der Waals surface area contributed by atoms with Crippen molar-refractivity contribution in [1.29, 1.82) is 0 Å². The molecule has 1 saturated heterocycles. The van der Waals surface area contributed by atoms with Crippen molar-refractivity contribution in [3.8, 4) is 0 Å². The Hall–Kier alpha value is -1.68. The Bertz CT molecular complexity index is 587. The van der Waals surface area contributed by atoms with Crippen LogP contribution in [-0.4, -0.2) is 47.9 Å². The zero-order valence-electron chi connectivity index (χ0n) is 10.6. The number of piperazine rings is 1. The lowest BCUT2D eigenvalue weighted by molar-refractivity contribution is -0.128. The third-order valence-corrected chi connectivity index (χ3v) is 3.89. The number of fused-ring (bicyclic) bond motifs is 1. The van der Waals surface area contributed by atoms with Gasteiger partial charge in [0.15, 0.2) is 0 Å². The monoisotopic (exact) mass is 277 g/mol. The number of carbonyl (C=O) groups is 1. The first kappa shape index (κ1) is 12.4. The normalized spacial score (nSPS) is 16.1. The minimum atomic E-state index is 0.0289. The molecule has 2 aromatic rings. The maximum Gasteiger partial charge on any atom is 0.237 e. The number of halogens is 1. The standard InChI is InChI=1S/C14H16ClN3O/c15-10-14(19)18-8-6-17(7-9-18)13-3-1-2-12-11(13)4-5-16-12/h1-5,16H,6-10H2. The molecule has 1 fully saturated rings. The summed E-state index contributed by atoms with van der Waals surface area (Å²) in [5.74, 6) is 0.106. The fourth-order valence-corrected chi connectivity index (χ4v) is 2.79. The molecule has 0 unspecified atom stereocenters. The molecule has 0 bridgehead atoms. The first-order valence-corrected chi connectivity index (χ1v) is 6.98. The molecule has 0 saturated carbocycles. The minimum absolute atomic E-state index is 0.0289. The van der Waals surface area contributed by atoms with Crippen LogP contribution in [0.1, 0.15) is 0 Å².